The van der Waals surface area contributed by atoms with Crippen LogP contribution in [0.5, 0.6) is 0 Å². The van der Waals surface area contributed by atoms with E-state index in [4.69, 9.17) is 15.0 Å². The normalized spacial score (nSPS) is 14.0. The molecule has 1 aliphatic heterocycles. The van der Waals surface area contributed by atoms with Gasteiger partial charge < -0.3 is 20.3 Å². The van der Waals surface area contributed by atoms with E-state index >= 15 is 0 Å². The summed E-state index contributed by atoms with van der Waals surface area (Å²) in [6.07, 6.45) is 0.263. The zero-order valence-corrected chi connectivity index (χ0v) is 13.0. The molecule has 1 aromatic carbocycles. The van der Waals surface area contributed by atoms with Crippen LogP contribution in [0.2, 0.25) is 0 Å². The summed E-state index contributed by atoms with van der Waals surface area (Å²) in [6, 6.07) is 7.80. The highest BCUT2D eigenvalue weighted by Crippen LogP contribution is 2.17. The number of hydrogen-bond donors (Lipinski definition) is 2. The summed E-state index contributed by atoms with van der Waals surface area (Å²) in [5.41, 5.74) is 7.55. The quantitative estimate of drug-likeness (QED) is 0.863. The zero-order valence-electron chi connectivity index (χ0n) is 11.3. The molecule has 0 radical (unpaired) electrons. The Bertz CT molecular complexity index is 543. The van der Waals surface area contributed by atoms with Crippen molar-refractivity contribution in [1.29, 1.82) is 0 Å². The fourth-order valence-corrected chi connectivity index (χ4v) is 1.79. The van der Waals surface area contributed by atoms with Gasteiger partial charge in [0.15, 0.2) is 0 Å². The van der Waals surface area contributed by atoms with Gasteiger partial charge in [0.1, 0.15) is 6.61 Å². The summed E-state index contributed by atoms with van der Waals surface area (Å²) < 4.78 is 10.7. The molecule has 0 amide bonds. The minimum atomic E-state index is 0. The van der Waals surface area contributed by atoms with E-state index in [1.54, 1.807) is 0 Å². The minimum absolute atomic E-state index is 0. The lowest BCUT2D eigenvalue weighted by Gasteiger charge is -2.26. The first-order chi connectivity index (χ1) is 9.35. The molecule has 116 valence electrons. The topological polar surface area (TPSA) is 86.2 Å². The second kappa shape index (κ2) is 8.31. The third kappa shape index (κ3) is 4.39. The molecule has 3 N–H and O–H groups in total. The Morgan fingerprint density at radius 2 is 1.95 bits per heavy atom. The molecule has 0 atom stereocenters. The van der Waals surface area contributed by atoms with Crippen LogP contribution in [0.1, 0.15) is 11.5 Å². The fraction of sp³-hybridized carbons (Fsp3) is 0.385. The van der Waals surface area contributed by atoms with Crippen LogP contribution < -0.4 is 11.1 Å². The first-order valence-electron chi connectivity index (χ1n) is 6.29. The van der Waals surface area contributed by atoms with E-state index in [0.29, 0.717) is 24.9 Å². The largest absolute Gasteiger partial charge is 0.366 e. The Morgan fingerprint density at radius 1 is 1.24 bits per heavy atom. The third-order valence-corrected chi connectivity index (χ3v) is 3.10. The van der Waals surface area contributed by atoms with Gasteiger partial charge in [0.25, 0.3) is 5.89 Å². The summed E-state index contributed by atoms with van der Waals surface area (Å²) in [5.74, 6) is 1.08. The smallest absolute Gasteiger partial charge is 0.252 e. The average molecular weight is 333 g/mol. The van der Waals surface area contributed by atoms with Gasteiger partial charge in [0.2, 0.25) is 5.82 Å². The summed E-state index contributed by atoms with van der Waals surface area (Å²) in [4.78, 5) is 4.31. The van der Waals surface area contributed by atoms with Crippen LogP contribution in [-0.4, -0.2) is 29.3 Å². The van der Waals surface area contributed by atoms with Crippen molar-refractivity contribution in [3.63, 3.8) is 0 Å². The van der Waals surface area contributed by atoms with E-state index in [0.717, 1.165) is 24.2 Å². The predicted octanol–water partition coefficient (Wildman–Crippen LogP) is 1.53. The first-order valence-corrected chi connectivity index (χ1v) is 6.29. The molecule has 1 saturated heterocycles. The molecule has 1 aromatic heterocycles. The molecule has 6 nitrogen and oxygen atoms in total. The number of rotatable bonds is 5. The van der Waals surface area contributed by atoms with Crippen molar-refractivity contribution in [2.75, 3.05) is 13.1 Å². The maximum absolute atomic E-state index is 5.57. The van der Waals surface area contributed by atoms with Crippen molar-refractivity contribution in [2.45, 2.75) is 19.3 Å². The van der Waals surface area contributed by atoms with Crippen LogP contribution in [0.25, 0.3) is 11.4 Å². The van der Waals surface area contributed by atoms with Crippen molar-refractivity contribution in [1.82, 2.24) is 15.5 Å². The number of hydrogen-bond acceptors (Lipinski definition) is 6. The Labute approximate surface area is 135 Å². The molecule has 0 unspecified atom stereocenters. The van der Waals surface area contributed by atoms with Gasteiger partial charge in [-0.1, -0.05) is 29.4 Å². The molecule has 3 rings (SSSR count). The number of aromatic nitrogens is 2. The van der Waals surface area contributed by atoms with E-state index < -0.39 is 0 Å². The number of ether oxygens (including phenoxy) is 1. The second-order valence-electron chi connectivity index (χ2n) is 4.50. The monoisotopic (exact) mass is 332 g/mol. The van der Waals surface area contributed by atoms with Crippen molar-refractivity contribution in [2.24, 2.45) is 5.73 Å². The van der Waals surface area contributed by atoms with E-state index in [2.05, 4.69) is 15.5 Å². The third-order valence-electron chi connectivity index (χ3n) is 3.10. The van der Waals surface area contributed by atoms with Gasteiger partial charge in [-0.2, -0.15) is 4.98 Å². The second-order valence-corrected chi connectivity index (χ2v) is 4.50. The van der Waals surface area contributed by atoms with E-state index in [1.165, 1.54) is 0 Å². The van der Waals surface area contributed by atoms with Gasteiger partial charge in [-0.25, -0.2) is 0 Å². The maximum atomic E-state index is 5.57. The molecule has 2 aromatic rings. The summed E-state index contributed by atoms with van der Waals surface area (Å²) >= 11 is 0. The van der Waals surface area contributed by atoms with E-state index in [-0.39, 0.29) is 30.9 Å². The molecular weight excluding hydrogens is 315 g/mol. The van der Waals surface area contributed by atoms with Crippen LogP contribution >= 0.6 is 24.8 Å². The molecule has 0 bridgehead atoms. The highest BCUT2D eigenvalue weighted by atomic mass is 35.5. The molecule has 8 heteroatoms. The van der Waals surface area contributed by atoms with Crippen LogP contribution in [0, 0.1) is 0 Å². The fourth-order valence-electron chi connectivity index (χ4n) is 1.79. The maximum Gasteiger partial charge on any atom is 0.252 e. The predicted molar refractivity (Wildman–Crippen MR) is 83.6 cm³/mol. The summed E-state index contributed by atoms with van der Waals surface area (Å²) in [6.45, 7) is 2.67. The number of halogens is 2. The van der Waals surface area contributed by atoms with Crippen LogP contribution in [0.4, 0.5) is 0 Å². The standard InChI is InChI=1S/C13H16N4O2.2ClH/c14-5-9-1-3-10(4-2-9)13-16-12(19-17-13)8-18-11-6-15-7-11;;/h1-4,11,15H,5-8,14H2;2*1H. The molecule has 2 heterocycles. The molecule has 0 saturated carbocycles. The van der Waals surface area contributed by atoms with Crippen molar-refractivity contribution in [3.8, 4) is 11.4 Å². The van der Waals surface area contributed by atoms with Gasteiger partial charge in [0, 0.05) is 25.2 Å². The lowest BCUT2D eigenvalue weighted by atomic mass is 10.1. The first kappa shape index (κ1) is 17.9. The number of nitrogens with zero attached hydrogens (tertiary/aromatic N) is 2. The summed E-state index contributed by atoms with van der Waals surface area (Å²) in [7, 11) is 0. The Morgan fingerprint density at radius 3 is 2.52 bits per heavy atom. The minimum Gasteiger partial charge on any atom is -0.366 e. The van der Waals surface area contributed by atoms with Crippen molar-refractivity contribution in [3.05, 3.63) is 35.7 Å². The van der Waals surface area contributed by atoms with E-state index in [9.17, 15) is 0 Å². The molecule has 21 heavy (non-hydrogen) atoms. The van der Waals surface area contributed by atoms with Gasteiger partial charge in [0.05, 0.1) is 6.10 Å². The Hall–Kier alpha value is -1.18. The van der Waals surface area contributed by atoms with Crippen LogP contribution in [0.3, 0.4) is 0 Å². The zero-order chi connectivity index (χ0) is 13.1. The Balaban J connectivity index is 0.00000110. The Kier molecular flexibility index (Phi) is 7.07. The SMILES string of the molecule is Cl.Cl.NCc1ccc(-c2noc(COC3CNC3)n2)cc1. The van der Waals surface area contributed by atoms with Crippen molar-refractivity contribution < 1.29 is 9.26 Å². The average Bonchev–Trinajstić information content (AvgIpc) is 2.86. The molecule has 0 aliphatic carbocycles. The summed E-state index contributed by atoms with van der Waals surface area (Å²) in [5, 5.41) is 7.09. The lowest BCUT2D eigenvalue weighted by Crippen LogP contribution is -2.48. The number of nitrogens with one attached hydrogen (secondary N) is 1. The van der Waals surface area contributed by atoms with Gasteiger partial charge in [-0.05, 0) is 5.56 Å². The molecular formula is C13H18Cl2N4O2. The van der Waals surface area contributed by atoms with Gasteiger partial charge >= 0.3 is 0 Å². The highest BCUT2D eigenvalue weighted by Gasteiger charge is 2.18. The van der Waals surface area contributed by atoms with E-state index in [1.807, 2.05) is 24.3 Å². The lowest BCUT2D eigenvalue weighted by molar-refractivity contribution is -0.00397. The number of benzene rings is 1. The van der Waals surface area contributed by atoms with Crippen LogP contribution in [0.15, 0.2) is 28.8 Å². The highest BCUT2D eigenvalue weighted by molar-refractivity contribution is 5.85. The van der Waals surface area contributed by atoms with Crippen LogP contribution in [-0.2, 0) is 17.9 Å². The van der Waals surface area contributed by atoms with Crippen molar-refractivity contribution >= 4 is 24.8 Å². The molecule has 1 fully saturated rings. The number of nitrogens with two attached hydrogens (primary N) is 1. The molecule has 1 aliphatic rings. The van der Waals surface area contributed by atoms with Gasteiger partial charge in [-0.3, -0.25) is 0 Å². The molecule has 0 spiro atoms. The van der Waals surface area contributed by atoms with Gasteiger partial charge in [-0.15, -0.1) is 24.8 Å².